The summed E-state index contributed by atoms with van der Waals surface area (Å²) in [4.78, 5) is 0. The third kappa shape index (κ3) is 5.94. The molecule has 0 radical (unpaired) electrons. The molecule has 13 heavy (non-hydrogen) atoms. The summed E-state index contributed by atoms with van der Waals surface area (Å²) < 4.78 is 12.5. The number of aliphatic hydroxyl groups excluding tert-OH is 1. The average Bonchev–Trinajstić information content (AvgIpc) is 1.96. The quantitative estimate of drug-likeness (QED) is 0.477. The number of aliphatic hydroxyl groups is 1. The lowest BCUT2D eigenvalue weighted by molar-refractivity contribution is 0.253. The van der Waals surface area contributed by atoms with Crippen LogP contribution in [-0.4, -0.2) is 11.2 Å². The minimum atomic E-state index is -0.734. The summed E-state index contributed by atoms with van der Waals surface area (Å²) in [5.74, 6) is 4.72. The minimum absolute atomic E-state index is 0.361. The third-order valence-corrected chi connectivity index (χ3v) is 1.18. The van der Waals surface area contributed by atoms with Crippen molar-refractivity contribution in [3.05, 3.63) is 23.2 Å². The van der Waals surface area contributed by atoms with E-state index in [0.717, 1.165) is 0 Å². The van der Waals surface area contributed by atoms with Crippen LogP contribution >= 0.6 is 0 Å². The van der Waals surface area contributed by atoms with Crippen LogP contribution in [0.3, 0.4) is 0 Å². The molecule has 0 saturated heterocycles. The molecule has 0 bridgehead atoms. The molecule has 0 aromatic heterocycles. The fraction of sp³-hybridized carbons (Fsp3) is 0.400. The lowest BCUT2D eigenvalue weighted by atomic mass is 10.2. The van der Waals surface area contributed by atoms with E-state index < -0.39 is 6.10 Å². The highest BCUT2D eigenvalue weighted by molar-refractivity contribution is 5.41. The number of halogens is 1. The van der Waals surface area contributed by atoms with Crippen LogP contribution in [0.15, 0.2) is 23.2 Å². The van der Waals surface area contributed by atoms with Crippen molar-refractivity contribution in [3.8, 4) is 11.8 Å². The van der Waals surface area contributed by atoms with E-state index in [2.05, 4.69) is 11.8 Å². The maximum absolute atomic E-state index is 12.5. The highest BCUT2D eigenvalue weighted by Gasteiger charge is 1.94. The van der Waals surface area contributed by atoms with Gasteiger partial charge in [-0.3, -0.25) is 0 Å². The van der Waals surface area contributed by atoms with Gasteiger partial charge in [-0.25, -0.2) is 4.39 Å². The van der Waals surface area contributed by atoms with Gasteiger partial charge in [0.05, 0.1) is 5.83 Å². The fourth-order valence-corrected chi connectivity index (χ4v) is 0.630. The van der Waals surface area contributed by atoms with Crippen LogP contribution in [0, 0.1) is 11.8 Å². The van der Waals surface area contributed by atoms with E-state index in [1.165, 1.54) is 19.9 Å². The zero-order valence-electron chi connectivity index (χ0n) is 8.06. The van der Waals surface area contributed by atoms with Gasteiger partial charge in [-0.15, -0.1) is 0 Å². The van der Waals surface area contributed by atoms with Gasteiger partial charge in [-0.2, -0.15) is 0 Å². The Kier molecular flexibility index (Phi) is 4.86. The van der Waals surface area contributed by atoms with Crippen LogP contribution in [0.1, 0.15) is 20.8 Å². The van der Waals surface area contributed by atoms with Gasteiger partial charge in [-0.1, -0.05) is 11.8 Å². The Hall–Kier alpha value is -1.27. The summed E-state index contributed by atoms with van der Waals surface area (Å²) in [7, 11) is 0. The molecule has 0 rings (SSSR count). The second-order valence-electron chi connectivity index (χ2n) is 2.77. The number of hydrogen-bond donors (Lipinski definition) is 2. The van der Waals surface area contributed by atoms with Crippen LogP contribution in [0.4, 0.5) is 4.39 Å². The van der Waals surface area contributed by atoms with E-state index >= 15 is 0 Å². The fourth-order valence-electron chi connectivity index (χ4n) is 0.630. The Morgan fingerprint density at radius 2 is 2.08 bits per heavy atom. The number of rotatable bonds is 1. The molecule has 0 aliphatic rings. The minimum Gasteiger partial charge on any atom is -0.401 e. The van der Waals surface area contributed by atoms with E-state index in [4.69, 9.17) is 10.8 Å². The van der Waals surface area contributed by atoms with Crippen LogP contribution in [0.5, 0.6) is 0 Å². The second kappa shape index (κ2) is 5.39. The summed E-state index contributed by atoms with van der Waals surface area (Å²) >= 11 is 0. The molecule has 0 saturated carbocycles. The maximum atomic E-state index is 12.5. The summed E-state index contributed by atoms with van der Waals surface area (Å²) in [5, 5.41) is 8.87. The predicted molar refractivity (Wildman–Crippen MR) is 51.2 cm³/mol. The first-order valence-electron chi connectivity index (χ1n) is 3.93. The monoisotopic (exact) mass is 183 g/mol. The molecule has 0 spiro atoms. The van der Waals surface area contributed by atoms with Gasteiger partial charge in [0.25, 0.3) is 0 Å². The van der Waals surface area contributed by atoms with Crippen molar-refractivity contribution in [1.82, 2.24) is 0 Å². The predicted octanol–water partition coefficient (Wildman–Crippen LogP) is 1.48. The second-order valence-corrected chi connectivity index (χ2v) is 2.77. The van der Waals surface area contributed by atoms with Crippen molar-refractivity contribution < 1.29 is 9.50 Å². The Morgan fingerprint density at radius 3 is 2.38 bits per heavy atom. The Balaban J connectivity index is 4.82. The van der Waals surface area contributed by atoms with Crippen molar-refractivity contribution in [3.63, 3.8) is 0 Å². The first kappa shape index (κ1) is 11.7. The molecule has 0 aromatic rings. The summed E-state index contributed by atoms with van der Waals surface area (Å²) in [6, 6.07) is 0. The summed E-state index contributed by atoms with van der Waals surface area (Å²) in [5.41, 5.74) is 6.29. The molecule has 2 nitrogen and oxygen atoms in total. The first-order chi connectivity index (χ1) is 5.93. The van der Waals surface area contributed by atoms with Crippen molar-refractivity contribution >= 4 is 0 Å². The van der Waals surface area contributed by atoms with E-state index in [-0.39, 0.29) is 5.83 Å². The van der Waals surface area contributed by atoms with Crippen molar-refractivity contribution in [2.75, 3.05) is 0 Å². The Labute approximate surface area is 77.9 Å². The average molecular weight is 183 g/mol. The molecular formula is C10H14FNO. The molecule has 72 valence electrons. The van der Waals surface area contributed by atoms with Gasteiger partial charge >= 0.3 is 0 Å². The molecular weight excluding hydrogens is 169 g/mol. The molecule has 0 fully saturated rings. The topological polar surface area (TPSA) is 46.2 Å². The lowest BCUT2D eigenvalue weighted by Gasteiger charge is -1.95. The Bertz CT molecular complexity index is 284. The standard InChI is InChI=1S/C10H14FNO/c1-7(11)6-10(9(3)12)5-4-8(2)13/h6,8,13H,12H2,1-3H3/b7-6+,10-9-. The maximum Gasteiger partial charge on any atom is 0.112 e. The molecule has 0 aliphatic heterocycles. The summed E-state index contributed by atoms with van der Waals surface area (Å²) in [6.07, 6.45) is 0.507. The van der Waals surface area contributed by atoms with Crippen molar-refractivity contribution in [1.29, 1.82) is 0 Å². The van der Waals surface area contributed by atoms with Gasteiger partial charge in [0.15, 0.2) is 0 Å². The van der Waals surface area contributed by atoms with Crippen LogP contribution < -0.4 is 5.73 Å². The molecule has 1 atom stereocenters. The molecule has 0 heterocycles. The van der Waals surface area contributed by atoms with Crippen molar-refractivity contribution in [2.45, 2.75) is 26.9 Å². The lowest BCUT2D eigenvalue weighted by Crippen LogP contribution is -1.97. The number of nitrogens with two attached hydrogens (primary N) is 1. The zero-order valence-corrected chi connectivity index (χ0v) is 8.06. The van der Waals surface area contributed by atoms with Gasteiger partial charge in [0, 0.05) is 11.3 Å². The molecule has 3 heteroatoms. The van der Waals surface area contributed by atoms with Crippen LogP contribution in [-0.2, 0) is 0 Å². The number of allylic oxidation sites excluding steroid dienone is 4. The van der Waals surface area contributed by atoms with E-state index in [1.807, 2.05) is 0 Å². The number of hydrogen-bond acceptors (Lipinski definition) is 2. The van der Waals surface area contributed by atoms with E-state index in [1.54, 1.807) is 6.92 Å². The Morgan fingerprint density at radius 1 is 1.54 bits per heavy atom. The molecule has 0 amide bonds. The third-order valence-electron chi connectivity index (χ3n) is 1.18. The molecule has 1 unspecified atom stereocenters. The molecule has 3 N–H and O–H groups in total. The van der Waals surface area contributed by atoms with Crippen molar-refractivity contribution in [2.24, 2.45) is 5.73 Å². The van der Waals surface area contributed by atoms with E-state index in [0.29, 0.717) is 11.3 Å². The van der Waals surface area contributed by atoms with E-state index in [9.17, 15) is 4.39 Å². The highest BCUT2D eigenvalue weighted by atomic mass is 19.1. The molecule has 0 aliphatic carbocycles. The van der Waals surface area contributed by atoms with Gasteiger partial charge in [-0.05, 0) is 26.8 Å². The first-order valence-corrected chi connectivity index (χ1v) is 3.93. The van der Waals surface area contributed by atoms with Crippen LogP contribution in [0.2, 0.25) is 0 Å². The van der Waals surface area contributed by atoms with Gasteiger partial charge in [0.2, 0.25) is 0 Å². The summed E-state index contributed by atoms with van der Waals surface area (Å²) in [6.45, 7) is 4.47. The van der Waals surface area contributed by atoms with Crippen LogP contribution in [0.25, 0.3) is 0 Å². The van der Waals surface area contributed by atoms with Gasteiger partial charge in [0.1, 0.15) is 6.10 Å². The smallest absolute Gasteiger partial charge is 0.112 e. The molecule has 0 aromatic carbocycles. The SMILES string of the molecule is C/C(F)=C\C(C#CC(C)O)=C(\C)N. The zero-order chi connectivity index (χ0) is 10.4. The normalized spacial score (nSPS) is 15.6. The highest BCUT2D eigenvalue weighted by Crippen LogP contribution is 2.04. The largest absolute Gasteiger partial charge is 0.401 e. The van der Waals surface area contributed by atoms with Gasteiger partial charge < -0.3 is 10.8 Å².